The van der Waals surface area contributed by atoms with Gasteiger partial charge in [-0.15, -0.1) is 0 Å². The molecule has 0 N–H and O–H groups in total. The number of methoxy groups -OCH3 is 1. The minimum absolute atomic E-state index is 0.0453. The second-order valence-corrected chi connectivity index (χ2v) is 4.91. The van der Waals surface area contributed by atoms with Crippen molar-refractivity contribution in [1.29, 1.82) is 0 Å². The Kier molecular flexibility index (Phi) is 6.77. The van der Waals surface area contributed by atoms with Crippen LogP contribution in [0.3, 0.4) is 0 Å². The molecule has 0 saturated carbocycles. The first-order valence-corrected chi connectivity index (χ1v) is 5.49. The van der Waals surface area contributed by atoms with Crippen LogP contribution in [0, 0.1) is 11.3 Å². The van der Waals surface area contributed by atoms with Crippen LogP contribution in [-0.2, 0) is 14.3 Å². The van der Waals surface area contributed by atoms with Crippen LogP contribution < -0.4 is 0 Å². The van der Waals surface area contributed by atoms with Crippen LogP contribution in [0.4, 0.5) is 0 Å². The molecule has 3 nitrogen and oxygen atoms in total. The summed E-state index contributed by atoms with van der Waals surface area (Å²) in [6, 6.07) is 0. The Bertz CT molecular complexity index is 182. The number of carbonyl (C=O) groups is 1. The Hall–Kier alpha value is -0.410. The van der Waals surface area contributed by atoms with Gasteiger partial charge >= 0.3 is 0 Å². The Morgan fingerprint density at radius 3 is 2.27 bits per heavy atom. The topological polar surface area (TPSA) is 35.5 Å². The highest BCUT2D eigenvalue weighted by Gasteiger charge is 2.25. The van der Waals surface area contributed by atoms with E-state index in [1.54, 1.807) is 7.11 Å². The second kappa shape index (κ2) is 6.96. The molecule has 0 amide bonds. The van der Waals surface area contributed by atoms with E-state index in [4.69, 9.17) is 9.47 Å². The lowest BCUT2D eigenvalue weighted by Gasteiger charge is -2.25. The molecule has 0 aromatic rings. The second-order valence-electron chi connectivity index (χ2n) is 4.91. The maximum Gasteiger partial charge on any atom is 0.138 e. The summed E-state index contributed by atoms with van der Waals surface area (Å²) in [7, 11) is 1.64. The molecule has 1 atom stereocenters. The highest BCUT2D eigenvalue weighted by Crippen LogP contribution is 2.26. The van der Waals surface area contributed by atoms with Crippen molar-refractivity contribution in [2.45, 2.75) is 34.1 Å². The molecule has 0 aliphatic carbocycles. The summed E-state index contributed by atoms with van der Waals surface area (Å²) in [6.07, 6.45) is 0.502. The van der Waals surface area contributed by atoms with Gasteiger partial charge in [-0.3, -0.25) is 4.79 Å². The minimum Gasteiger partial charge on any atom is -0.382 e. The number of ketones is 1. The zero-order valence-electron chi connectivity index (χ0n) is 10.6. The maximum absolute atomic E-state index is 11.7. The van der Waals surface area contributed by atoms with E-state index < -0.39 is 0 Å². The van der Waals surface area contributed by atoms with E-state index in [0.29, 0.717) is 26.2 Å². The molecule has 0 bridgehead atoms. The number of carbonyl (C=O) groups excluding carboxylic acids is 1. The van der Waals surface area contributed by atoms with Gasteiger partial charge in [-0.2, -0.15) is 0 Å². The molecule has 3 heteroatoms. The molecule has 0 radical (unpaired) electrons. The molecule has 1 unspecified atom stereocenters. The molecule has 0 aliphatic rings. The minimum atomic E-state index is 0.0453. The molecule has 15 heavy (non-hydrogen) atoms. The fraction of sp³-hybridized carbons (Fsp3) is 0.917. The summed E-state index contributed by atoms with van der Waals surface area (Å²) >= 11 is 0. The predicted molar refractivity (Wildman–Crippen MR) is 60.9 cm³/mol. The fourth-order valence-corrected chi connectivity index (χ4v) is 1.12. The van der Waals surface area contributed by atoms with Crippen molar-refractivity contribution in [2.75, 3.05) is 26.9 Å². The predicted octanol–water partition coefficient (Wildman–Crippen LogP) is 2.29. The van der Waals surface area contributed by atoms with Crippen LogP contribution in [0.2, 0.25) is 0 Å². The fourth-order valence-electron chi connectivity index (χ4n) is 1.12. The van der Waals surface area contributed by atoms with Crippen molar-refractivity contribution in [3.05, 3.63) is 0 Å². The summed E-state index contributed by atoms with van der Waals surface area (Å²) in [5, 5.41) is 0. The number of rotatable bonds is 7. The van der Waals surface area contributed by atoms with E-state index in [0.717, 1.165) is 0 Å². The first-order chi connectivity index (χ1) is 6.89. The van der Waals surface area contributed by atoms with E-state index in [2.05, 4.69) is 20.8 Å². The van der Waals surface area contributed by atoms with Crippen molar-refractivity contribution in [1.82, 2.24) is 0 Å². The van der Waals surface area contributed by atoms with Gasteiger partial charge in [0, 0.05) is 19.4 Å². The highest BCUT2D eigenvalue weighted by molar-refractivity contribution is 5.81. The lowest BCUT2D eigenvalue weighted by molar-refractivity contribution is -0.126. The first-order valence-electron chi connectivity index (χ1n) is 5.49. The van der Waals surface area contributed by atoms with Crippen LogP contribution in [0.5, 0.6) is 0 Å². The molecule has 0 aromatic carbocycles. The normalized spacial score (nSPS) is 13.9. The van der Waals surface area contributed by atoms with Gasteiger partial charge in [-0.05, 0) is 5.41 Å². The first kappa shape index (κ1) is 14.6. The van der Waals surface area contributed by atoms with Gasteiger partial charge in [-0.1, -0.05) is 27.7 Å². The average molecular weight is 216 g/mol. The monoisotopic (exact) mass is 216 g/mol. The Labute approximate surface area is 93.1 Å². The summed E-state index contributed by atoms with van der Waals surface area (Å²) in [5.41, 5.74) is 0.0453. The van der Waals surface area contributed by atoms with Crippen molar-refractivity contribution in [3.8, 4) is 0 Å². The van der Waals surface area contributed by atoms with Crippen LogP contribution in [0.1, 0.15) is 34.1 Å². The molecule has 0 fully saturated rings. The van der Waals surface area contributed by atoms with Gasteiger partial charge in [0.05, 0.1) is 19.8 Å². The zero-order valence-corrected chi connectivity index (χ0v) is 10.6. The Balaban J connectivity index is 3.66. The van der Waals surface area contributed by atoms with Crippen molar-refractivity contribution in [3.63, 3.8) is 0 Å². The number of Topliss-reactive ketones (excluding diaryl/α,β-unsaturated/α-hetero) is 1. The van der Waals surface area contributed by atoms with E-state index in [1.165, 1.54) is 0 Å². The summed E-state index contributed by atoms with van der Waals surface area (Å²) in [6.45, 7) is 9.89. The lowest BCUT2D eigenvalue weighted by Crippen LogP contribution is -2.26. The zero-order chi connectivity index (χ0) is 11.9. The standard InChI is InChI=1S/C12H24O3/c1-10(12(2,3)4)11(13)6-7-15-9-8-14-5/h10H,6-9H2,1-5H3. The van der Waals surface area contributed by atoms with E-state index >= 15 is 0 Å². The quantitative estimate of drug-likeness (QED) is 0.612. The molecule has 0 aromatic heterocycles. The van der Waals surface area contributed by atoms with Gasteiger partial charge in [0.2, 0.25) is 0 Å². The smallest absolute Gasteiger partial charge is 0.138 e. The number of hydrogen-bond donors (Lipinski definition) is 0. The number of hydrogen-bond acceptors (Lipinski definition) is 3. The molecule has 0 aliphatic heterocycles. The van der Waals surface area contributed by atoms with Gasteiger partial charge in [-0.25, -0.2) is 0 Å². The largest absolute Gasteiger partial charge is 0.382 e. The van der Waals surface area contributed by atoms with Gasteiger partial charge in [0.25, 0.3) is 0 Å². The molecule has 90 valence electrons. The van der Waals surface area contributed by atoms with Gasteiger partial charge < -0.3 is 9.47 Å². The van der Waals surface area contributed by atoms with Gasteiger partial charge in [0.15, 0.2) is 0 Å². The van der Waals surface area contributed by atoms with Crippen molar-refractivity contribution >= 4 is 5.78 Å². The third-order valence-electron chi connectivity index (χ3n) is 2.71. The van der Waals surface area contributed by atoms with Gasteiger partial charge in [0.1, 0.15) is 5.78 Å². The van der Waals surface area contributed by atoms with E-state index in [-0.39, 0.29) is 17.1 Å². The lowest BCUT2D eigenvalue weighted by atomic mass is 9.79. The molecule has 0 spiro atoms. The third kappa shape index (κ3) is 6.63. The van der Waals surface area contributed by atoms with Crippen LogP contribution >= 0.6 is 0 Å². The maximum atomic E-state index is 11.7. The average Bonchev–Trinajstić information content (AvgIpc) is 2.14. The SMILES string of the molecule is COCCOCCC(=O)C(C)C(C)(C)C. The Morgan fingerprint density at radius 2 is 1.80 bits per heavy atom. The Morgan fingerprint density at radius 1 is 1.20 bits per heavy atom. The molecular weight excluding hydrogens is 192 g/mol. The molecular formula is C12H24O3. The summed E-state index contributed by atoms with van der Waals surface area (Å²) < 4.78 is 10.1. The molecule has 0 saturated heterocycles. The summed E-state index contributed by atoms with van der Waals surface area (Å²) in [4.78, 5) is 11.7. The number of ether oxygens (including phenoxy) is 2. The summed E-state index contributed by atoms with van der Waals surface area (Å²) in [5.74, 6) is 0.364. The molecule has 0 rings (SSSR count). The highest BCUT2D eigenvalue weighted by atomic mass is 16.5. The van der Waals surface area contributed by atoms with Crippen molar-refractivity contribution in [2.24, 2.45) is 11.3 Å². The molecule has 0 heterocycles. The van der Waals surface area contributed by atoms with E-state index in [9.17, 15) is 4.79 Å². The van der Waals surface area contributed by atoms with Crippen LogP contribution in [0.25, 0.3) is 0 Å². The van der Waals surface area contributed by atoms with Crippen LogP contribution in [0.15, 0.2) is 0 Å². The van der Waals surface area contributed by atoms with Crippen molar-refractivity contribution < 1.29 is 14.3 Å². The third-order valence-corrected chi connectivity index (χ3v) is 2.71. The van der Waals surface area contributed by atoms with E-state index in [1.807, 2.05) is 6.92 Å². The van der Waals surface area contributed by atoms with Crippen LogP contribution in [-0.4, -0.2) is 32.7 Å².